The first-order valence-electron chi connectivity index (χ1n) is 10.2. The van der Waals surface area contributed by atoms with Crippen LogP contribution < -0.4 is 10.6 Å². The monoisotopic (exact) mass is 388 g/mol. The van der Waals surface area contributed by atoms with Gasteiger partial charge in [0.15, 0.2) is 0 Å². The number of rotatable bonds is 6. The van der Waals surface area contributed by atoms with Gasteiger partial charge in [-0.05, 0) is 62.6 Å². The lowest BCUT2D eigenvalue weighted by molar-refractivity contribution is -0.139. The lowest BCUT2D eigenvalue weighted by atomic mass is 9.74. The van der Waals surface area contributed by atoms with Crippen LogP contribution in [-0.4, -0.2) is 38.1 Å². The van der Waals surface area contributed by atoms with Crippen molar-refractivity contribution in [2.75, 3.05) is 26.3 Å². The van der Waals surface area contributed by atoms with Gasteiger partial charge in [0, 0.05) is 31.7 Å². The molecule has 1 aromatic carbocycles. The maximum Gasteiger partial charge on any atom is 0.309 e. The fourth-order valence-electron chi connectivity index (χ4n) is 4.01. The second kappa shape index (κ2) is 9.82. The number of allylic oxidation sites excluding steroid dienone is 1. The standard InChI is InChI=1S/C22H29FN2O3/c23-19-8-6-18(7-9-19)22(11-14-28-15-12-22)16-25-21(27)20(26)24-13-10-17-4-2-1-3-5-17/h4,6-9H,1-3,5,10-16H2,(H,24,26)(H,25,27). The highest BCUT2D eigenvalue weighted by atomic mass is 19.1. The number of carbonyl (C=O) groups excluding carboxylic acids is 2. The summed E-state index contributed by atoms with van der Waals surface area (Å²) in [7, 11) is 0. The molecule has 0 unspecified atom stereocenters. The first-order chi connectivity index (χ1) is 13.6. The van der Waals surface area contributed by atoms with Crippen LogP contribution in [-0.2, 0) is 19.7 Å². The van der Waals surface area contributed by atoms with Gasteiger partial charge in [-0.2, -0.15) is 0 Å². The van der Waals surface area contributed by atoms with Gasteiger partial charge in [0.2, 0.25) is 0 Å². The largest absolute Gasteiger partial charge is 0.381 e. The number of halogens is 1. The minimum atomic E-state index is -0.620. The molecule has 0 bridgehead atoms. The van der Waals surface area contributed by atoms with Crippen molar-refractivity contribution in [3.63, 3.8) is 0 Å². The van der Waals surface area contributed by atoms with Gasteiger partial charge in [-0.3, -0.25) is 9.59 Å². The van der Waals surface area contributed by atoms with Gasteiger partial charge in [0.05, 0.1) is 0 Å². The Labute approximate surface area is 165 Å². The summed E-state index contributed by atoms with van der Waals surface area (Å²) in [6.45, 7) is 1.97. The molecule has 3 rings (SSSR count). The van der Waals surface area contributed by atoms with E-state index in [1.165, 1.54) is 30.5 Å². The smallest absolute Gasteiger partial charge is 0.309 e. The number of hydrogen-bond donors (Lipinski definition) is 2. The maximum atomic E-state index is 13.3. The molecule has 2 aliphatic rings. The SMILES string of the molecule is O=C(NCCC1=CCCCC1)C(=O)NCC1(c2ccc(F)cc2)CCOCC1. The van der Waals surface area contributed by atoms with Crippen LogP contribution in [0.15, 0.2) is 35.9 Å². The van der Waals surface area contributed by atoms with Gasteiger partial charge >= 0.3 is 11.8 Å². The van der Waals surface area contributed by atoms with E-state index in [0.717, 1.165) is 24.8 Å². The second-order valence-corrected chi connectivity index (χ2v) is 7.70. The molecule has 1 fully saturated rings. The van der Waals surface area contributed by atoms with E-state index in [1.807, 2.05) is 0 Å². The van der Waals surface area contributed by atoms with Crippen LogP contribution in [0.2, 0.25) is 0 Å². The first kappa shape index (κ1) is 20.5. The summed E-state index contributed by atoms with van der Waals surface area (Å²) in [5.41, 5.74) is 1.99. The van der Waals surface area contributed by atoms with Crippen LogP contribution in [0.25, 0.3) is 0 Å². The summed E-state index contributed by atoms with van der Waals surface area (Å²) in [4.78, 5) is 24.4. The number of hydrogen-bond acceptors (Lipinski definition) is 3. The molecule has 1 aromatic rings. The summed E-state index contributed by atoms with van der Waals surface area (Å²) >= 11 is 0. The summed E-state index contributed by atoms with van der Waals surface area (Å²) in [5, 5.41) is 5.49. The van der Waals surface area contributed by atoms with E-state index in [0.29, 0.717) is 39.1 Å². The van der Waals surface area contributed by atoms with E-state index >= 15 is 0 Å². The molecule has 2 N–H and O–H groups in total. The fourth-order valence-corrected chi connectivity index (χ4v) is 4.01. The molecule has 0 atom stereocenters. The average molecular weight is 388 g/mol. The van der Waals surface area contributed by atoms with E-state index < -0.39 is 11.8 Å². The van der Waals surface area contributed by atoms with Crippen molar-refractivity contribution in [2.45, 2.75) is 50.4 Å². The molecule has 5 nitrogen and oxygen atoms in total. The molecular weight excluding hydrogens is 359 g/mol. The van der Waals surface area contributed by atoms with E-state index in [1.54, 1.807) is 12.1 Å². The number of nitrogens with one attached hydrogen (secondary N) is 2. The Bertz CT molecular complexity index is 709. The predicted molar refractivity (Wildman–Crippen MR) is 105 cm³/mol. The van der Waals surface area contributed by atoms with Crippen molar-refractivity contribution in [1.82, 2.24) is 10.6 Å². The molecule has 2 amide bonds. The summed E-state index contributed by atoms with van der Waals surface area (Å²) in [6, 6.07) is 6.37. The molecule has 1 heterocycles. The number of amides is 2. The third-order valence-corrected chi connectivity index (χ3v) is 5.82. The maximum absolute atomic E-state index is 13.3. The Kier molecular flexibility index (Phi) is 7.20. The molecule has 6 heteroatoms. The molecule has 1 aliphatic carbocycles. The highest BCUT2D eigenvalue weighted by Crippen LogP contribution is 2.34. The Morgan fingerprint density at radius 2 is 1.75 bits per heavy atom. The number of benzene rings is 1. The lowest BCUT2D eigenvalue weighted by Gasteiger charge is -2.37. The molecule has 0 aromatic heterocycles. The van der Waals surface area contributed by atoms with Crippen molar-refractivity contribution in [2.24, 2.45) is 0 Å². The molecule has 0 spiro atoms. The Morgan fingerprint density at radius 1 is 1.04 bits per heavy atom. The second-order valence-electron chi connectivity index (χ2n) is 7.70. The summed E-state index contributed by atoms with van der Waals surface area (Å²) in [5.74, 6) is -1.51. The van der Waals surface area contributed by atoms with Crippen LogP contribution in [0, 0.1) is 5.82 Å². The fraction of sp³-hybridized carbons (Fsp3) is 0.545. The van der Waals surface area contributed by atoms with Gasteiger partial charge in [-0.25, -0.2) is 4.39 Å². The number of carbonyl (C=O) groups is 2. The summed E-state index contributed by atoms with van der Waals surface area (Å²) in [6.07, 6.45) is 9.12. The third kappa shape index (κ3) is 5.41. The van der Waals surface area contributed by atoms with E-state index in [2.05, 4.69) is 16.7 Å². The molecule has 152 valence electrons. The average Bonchev–Trinajstić information content (AvgIpc) is 2.74. The van der Waals surface area contributed by atoms with E-state index in [-0.39, 0.29) is 11.2 Å². The lowest BCUT2D eigenvalue weighted by Crippen LogP contribution is -2.48. The van der Waals surface area contributed by atoms with E-state index in [4.69, 9.17) is 4.74 Å². The Hall–Kier alpha value is -2.21. The quantitative estimate of drug-likeness (QED) is 0.582. The van der Waals surface area contributed by atoms with Crippen molar-refractivity contribution >= 4 is 11.8 Å². The third-order valence-electron chi connectivity index (χ3n) is 5.82. The normalized spacial score (nSPS) is 18.8. The van der Waals surface area contributed by atoms with Gasteiger partial charge in [0.25, 0.3) is 0 Å². The van der Waals surface area contributed by atoms with Crippen LogP contribution in [0.3, 0.4) is 0 Å². The molecule has 0 saturated carbocycles. The molecule has 28 heavy (non-hydrogen) atoms. The van der Waals surface area contributed by atoms with Gasteiger partial charge in [-0.15, -0.1) is 0 Å². The predicted octanol–water partition coefficient (Wildman–Crippen LogP) is 3.00. The zero-order valence-electron chi connectivity index (χ0n) is 16.3. The topological polar surface area (TPSA) is 67.4 Å². The van der Waals surface area contributed by atoms with Crippen LogP contribution >= 0.6 is 0 Å². The van der Waals surface area contributed by atoms with Crippen LogP contribution in [0.1, 0.15) is 50.5 Å². The number of ether oxygens (including phenoxy) is 1. The molecule has 1 aliphatic heterocycles. The zero-order chi connectivity index (χ0) is 19.8. The van der Waals surface area contributed by atoms with Crippen LogP contribution in [0.5, 0.6) is 0 Å². The zero-order valence-corrected chi connectivity index (χ0v) is 16.3. The minimum Gasteiger partial charge on any atom is -0.381 e. The summed E-state index contributed by atoms with van der Waals surface area (Å²) < 4.78 is 18.8. The van der Waals surface area contributed by atoms with Crippen LogP contribution in [0.4, 0.5) is 4.39 Å². The highest BCUT2D eigenvalue weighted by Gasteiger charge is 2.35. The Balaban J connectivity index is 1.52. The van der Waals surface area contributed by atoms with E-state index in [9.17, 15) is 14.0 Å². The molecular formula is C22H29FN2O3. The van der Waals surface area contributed by atoms with Gasteiger partial charge in [-0.1, -0.05) is 23.8 Å². The Morgan fingerprint density at radius 3 is 2.43 bits per heavy atom. The molecule has 0 radical (unpaired) electrons. The van der Waals surface area contributed by atoms with Crippen molar-refractivity contribution in [3.8, 4) is 0 Å². The van der Waals surface area contributed by atoms with Crippen molar-refractivity contribution < 1.29 is 18.7 Å². The van der Waals surface area contributed by atoms with Crippen molar-refractivity contribution in [3.05, 3.63) is 47.3 Å². The van der Waals surface area contributed by atoms with Gasteiger partial charge in [0.1, 0.15) is 5.82 Å². The van der Waals surface area contributed by atoms with Crippen molar-refractivity contribution in [1.29, 1.82) is 0 Å². The molecule has 1 saturated heterocycles. The first-order valence-corrected chi connectivity index (χ1v) is 10.2. The van der Waals surface area contributed by atoms with Gasteiger partial charge < -0.3 is 15.4 Å². The highest BCUT2D eigenvalue weighted by molar-refractivity contribution is 6.35. The minimum absolute atomic E-state index is 0.289.